The van der Waals surface area contributed by atoms with Gasteiger partial charge in [-0.1, -0.05) is 0 Å². The van der Waals surface area contributed by atoms with Crippen molar-refractivity contribution in [1.82, 2.24) is 0 Å². The van der Waals surface area contributed by atoms with Gasteiger partial charge in [-0.15, -0.1) is 11.3 Å². The fourth-order valence-corrected chi connectivity index (χ4v) is 3.17. The standard InChI is InChI=1S/C10H9BrOS/c11-9-4-5-13-10(9)7-2-1-3-8(12)6-7/h4-6H,1-3H2. The van der Waals surface area contributed by atoms with Crippen LogP contribution in [-0.2, 0) is 4.79 Å². The van der Waals surface area contributed by atoms with E-state index in [4.69, 9.17) is 0 Å². The maximum Gasteiger partial charge on any atom is 0.156 e. The van der Waals surface area contributed by atoms with Gasteiger partial charge < -0.3 is 0 Å². The zero-order valence-corrected chi connectivity index (χ0v) is 9.45. The molecule has 2 rings (SSSR count). The van der Waals surface area contributed by atoms with E-state index in [9.17, 15) is 4.79 Å². The lowest BCUT2D eigenvalue weighted by Gasteiger charge is -2.10. The van der Waals surface area contributed by atoms with E-state index < -0.39 is 0 Å². The topological polar surface area (TPSA) is 17.1 Å². The molecule has 0 aromatic carbocycles. The fourth-order valence-electron chi connectivity index (χ4n) is 1.49. The molecule has 1 heterocycles. The number of rotatable bonds is 1. The molecule has 1 aliphatic carbocycles. The zero-order valence-electron chi connectivity index (χ0n) is 7.05. The molecule has 1 aromatic heterocycles. The SMILES string of the molecule is O=C1C=C(c2sccc2Br)CCC1. The normalized spacial score (nSPS) is 17.3. The second-order valence-corrected chi connectivity index (χ2v) is 4.86. The molecule has 0 saturated carbocycles. The monoisotopic (exact) mass is 256 g/mol. The summed E-state index contributed by atoms with van der Waals surface area (Å²) >= 11 is 5.17. The van der Waals surface area contributed by atoms with Crippen LogP contribution in [0.4, 0.5) is 0 Å². The zero-order chi connectivity index (χ0) is 9.26. The van der Waals surface area contributed by atoms with Crippen LogP contribution in [0.15, 0.2) is 22.0 Å². The molecular formula is C10H9BrOS. The molecule has 0 radical (unpaired) electrons. The summed E-state index contributed by atoms with van der Waals surface area (Å²) in [5, 5.41) is 2.04. The summed E-state index contributed by atoms with van der Waals surface area (Å²) in [6.45, 7) is 0. The Bertz CT molecular complexity index is 365. The van der Waals surface area contributed by atoms with E-state index in [1.54, 1.807) is 17.4 Å². The van der Waals surface area contributed by atoms with Crippen molar-refractivity contribution in [3.8, 4) is 0 Å². The minimum Gasteiger partial charge on any atom is -0.295 e. The summed E-state index contributed by atoms with van der Waals surface area (Å²) in [5.41, 5.74) is 1.19. The molecule has 0 fully saturated rings. The van der Waals surface area contributed by atoms with Crippen LogP contribution in [0, 0.1) is 0 Å². The number of allylic oxidation sites excluding steroid dienone is 2. The first-order chi connectivity index (χ1) is 6.27. The Hall–Kier alpha value is -0.410. The third-order valence-electron chi connectivity index (χ3n) is 2.11. The first-order valence-corrected chi connectivity index (χ1v) is 5.91. The van der Waals surface area contributed by atoms with Crippen LogP contribution in [0.1, 0.15) is 24.1 Å². The number of carbonyl (C=O) groups excluding carboxylic acids is 1. The van der Waals surface area contributed by atoms with Crippen LogP contribution < -0.4 is 0 Å². The van der Waals surface area contributed by atoms with Crippen LogP contribution >= 0.6 is 27.3 Å². The lowest BCUT2D eigenvalue weighted by Crippen LogP contribution is -2.01. The van der Waals surface area contributed by atoms with Crippen molar-refractivity contribution in [2.45, 2.75) is 19.3 Å². The summed E-state index contributed by atoms with van der Waals surface area (Å²) in [7, 11) is 0. The van der Waals surface area contributed by atoms with Crippen molar-refractivity contribution in [3.63, 3.8) is 0 Å². The molecule has 0 atom stereocenters. The van der Waals surface area contributed by atoms with Crippen LogP contribution in [0.2, 0.25) is 0 Å². The van der Waals surface area contributed by atoms with Crippen LogP contribution in [0.25, 0.3) is 5.57 Å². The lowest BCUT2D eigenvalue weighted by atomic mass is 9.98. The van der Waals surface area contributed by atoms with E-state index in [0.29, 0.717) is 6.42 Å². The number of carbonyl (C=O) groups is 1. The third kappa shape index (κ3) is 1.92. The fraction of sp³-hybridized carbons (Fsp3) is 0.300. The van der Waals surface area contributed by atoms with Crippen LogP contribution in [-0.4, -0.2) is 5.78 Å². The highest BCUT2D eigenvalue weighted by Crippen LogP contribution is 2.34. The Balaban J connectivity index is 2.36. The molecule has 0 spiro atoms. The minimum absolute atomic E-state index is 0.265. The van der Waals surface area contributed by atoms with E-state index in [-0.39, 0.29) is 5.78 Å². The van der Waals surface area contributed by atoms with E-state index in [1.165, 1.54) is 10.5 Å². The van der Waals surface area contributed by atoms with E-state index in [0.717, 1.165) is 17.3 Å². The predicted octanol–water partition coefficient (Wildman–Crippen LogP) is 3.65. The van der Waals surface area contributed by atoms with Crippen molar-refractivity contribution in [1.29, 1.82) is 0 Å². The van der Waals surface area contributed by atoms with Crippen molar-refractivity contribution in [2.75, 3.05) is 0 Å². The molecule has 1 aromatic rings. The molecule has 13 heavy (non-hydrogen) atoms. The van der Waals surface area contributed by atoms with E-state index in [1.807, 2.05) is 11.4 Å². The summed E-state index contributed by atoms with van der Waals surface area (Å²) in [4.78, 5) is 12.4. The third-order valence-corrected chi connectivity index (χ3v) is 4.03. The molecular weight excluding hydrogens is 248 g/mol. The van der Waals surface area contributed by atoms with E-state index in [2.05, 4.69) is 15.9 Å². The average molecular weight is 257 g/mol. The van der Waals surface area contributed by atoms with Crippen molar-refractivity contribution >= 4 is 38.6 Å². The van der Waals surface area contributed by atoms with Crippen molar-refractivity contribution in [3.05, 3.63) is 26.9 Å². The van der Waals surface area contributed by atoms with Gasteiger partial charge in [-0.2, -0.15) is 0 Å². The molecule has 1 aliphatic rings. The highest BCUT2D eigenvalue weighted by Gasteiger charge is 2.14. The summed E-state index contributed by atoms with van der Waals surface area (Å²) in [6, 6.07) is 2.03. The molecule has 0 aliphatic heterocycles. The van der Waals surface area contributed by atoms with Gasteiger partial charge in [0, 0.05) is 15.8 Å². The van der Waals surface area contributed by atoms with Gasteiger partial charge in [0.1, 0.15) is 0 Å². The Morgan fingerprint density at radius 3 is 2.85 bits per heavy atom. The largest absolute Gasteiger partial charge is 0.295 e. The second-order valence-electron chi connectivity index (χ2n) is 3.09. The van der Waals surface area contributed by atoms with Crippen molar-refractivity contribution in [2.24, 2.45) is 0 Å². The Morgan fingerprint density at radius 1 is 1.38 bits per heavy atom. The summed E-state index contributed by atoms with van der Waals surface area (Å²) in [6.07, 6.45) is 4.53. The smallest absolute Gasteiger partial charge is 0.156 e. The van der Waals surface area contributed by atoms with Crippen LogP contribution in [0.3, 0.4) is 0 Å². The molecule has 1 nitrogen and oxygen atoms in total. The molecule has 0 saturated heterocycles. The number of hydrogen-bond donors (Lipinski definition) is 0. The van der Waals surface area contributed by atoms with Gasteiger partial charge >= 0.3 is 0 Å². The molecule has 68 valence electrons. The molecule has 0 N–H and O–H groups in total. The first kappa shape index (κ1) is 9.16. The molecule has 0 amide bonds. The second kappa shape index (κ2) is 3.76. The summed E-state index contributed by atoms with van der Waals surface area (Å²) < 4.78 is 1.11. The average Bonchev–Trinajstić information content (AvgIpc) is 2.51. The Labute approximate surface area is 89.6 Å². The lowest BCUT2D eigenvalue weighted by molar-refractivity contribution is -0.114. The number of ketones is 1. The van der Waals surface area contributed by atoms with Gasteiger partial charge in [-0.25, -0.2) is 0 Å². The molecule has 0 bridgehead atoms. The highest BCUT2D eigenvalue weighted by atomic mass is 79.9. The maximum atomic E-state index is 11.2. The number of thiophene rings is 1. The van der Waals surface area contributed by atoms with Crippen LogP contribution in [0.5, 0.6) is 0 Å². The predicted molar refractivity (Wildman–Crippen MR) is 58.9 cm³/mol. The highest BCUT2D eigenvalue weighted by molar-refractivity contribution is 9.10. The molecule has 0 unspecified atom stereocenters. The Kier molecular flexibility index (Phi) is 2.65. The van der Waals surface area contributed by atoms with Gasteiger partial charge in [0.25, 0.3) is 0 Å². The maximum absolute atomic E-state index is 11.2. The minimum atomic E-state index is 0.265. The molecule has 3 heteroatoms. The van der Waals surface area contributed by atoms with Gasteiger partial charge in [-0.05, 0) is 51.9 Å². The van der Waals surface area contributed by atoms with Gasteiger partial charge in [-0.3, -0.25) is 4.79 Å². The number of halogens is 1. The van der Waals surface area contributed by atoms with Gasteiger partial charge in [0.05, 0.1) is 0 Å². The Morgan fingerprint density at radius 2 is 2.23 bits per heavy atom. The van der Waals surface area contributed by atoms with Gasteiger partial charge in [0.2, 0.25) is 0 Å². The number of hydrogen-bond acceptors (Lipinski definition) is 2. The summed E-state index contributed by atoms with van der Waals surface area (Å²) in [5.74, 6) is 0.265. The van der Waals surface area contributed by atoms with Gasteiger partial charge in [0.15, 0.2) is 5.78 Å². The van der Waals surface area contributed by atoms with Crippen molar-refractivity contribution < 1.29 is 4.79 Å². The quantitative estimate of drug-likeness (QED) is 0.750. The van der Waals surface area contributed by atoms with E-state index >= 15 is 0 Å². The first-order valence-electron chi connectivity index (χ1n) is 4.24.